The van der Waals surface area contributed by atoms with Crippen LogP contribution in [0.3, 0.4) is 0 Å². The van der Waals surface area contributed by atoms with E-state index in [1.54, 1.807) is 12.3 Å². The monoisotopic (exact) mass is 275 g/mol. The molecule has 1 aromatic carbocycles. The highest BCUT2D eigenvalue weighted by molar-refractivity contribution is 6.35. The summed E-state index contributed by atoms with van der Waals surface area (Å²) in [5.74, 6) is 0.00461. The minimum atomic E-state index is -0.0950. The van der Waals surface area contributed by atoms with Gasteiger partial charge in [0.2, 0.25) is 5.91 Å². The molecule has 19 heavy (non-hydrogen) atoms. The molecule has 1 aromatic heterocycles. The number of nitrogens with one attached hydrogen (secondary N) is 2. The topological polar surface area (TPSA) is 54.0 Å². The minimum absolute atomic E-state index is 0.00461. The third-order valence-electron chi connectivity index (χ3n) is 3.36. The maximum absolute atomic E-state index is 12.1. The lowest BCUT2D eigenvalue weighted by Crippen LogP contribution is -2.35. The first-order valence-corrected chi connectivity index (χ1v) is 6.71. The number of hydrogen-bond acceptors (Lipinski definition) is 3. The largest absolute Gasteiger partial charge is 0.324 e. The molecule has 5 heteroatoms. The van der Waals surface area contributed by atoms with Crippen molar-refractivity contribution in [2.45, 2.75) is 18.9 Å². The van der Waals surface area contributed by atoms with Gasteiger partial charge in [0, 0.05) is 11.6 Å². The van der Waals surface area contributed by atoms with Gasteiger partial charge in [0.05, 0.1) is 22.3 Å². The van der Waals surface area contributed by atoms with E-state index in [4.69, 9.17) is 11.6 Å². The van der Waals surface area contributed by atoms with Crippen LogP contribution in [0.2, 0.25) is 5.02 Å². The fraction of sp³-hybridized carbons (Fsp3) is 0.286. The normalized spacial score (nSPS) is 18.7. The molecule has 1 atom stereocenters. The third kappa shape index (κ3) is 2.41. The lowest BCUT2D eigenvalue weighted by atomic mass is 10.1. The van der Waals surface area contributed by atoms with Gasteiger partial charge in [-0.1, -0.05) is 11.6 Å². The van der Waals surface area contributed by atoms with Crippen molar-refractivity contribution in [3.05, 3.63) is 35.5 Å². The molecule has 1 amide bonds. The number of halogens is 1. The number of nitrogens with zero attached hydrogens (tertiary/aromatic N) is 1. The Morgan fingerprint density at radius 1 is 1.42 bits per heavy atom. The van der Waals surface area contributed by atoms with Gasteiger partial charge in [-0.3, -0.25) is 9.78 Å². The standard InChI is InChI=1S/C14H14ClN3O/c15-10-5-6-11(9-3-1-8-17-13(9)10)18-14(19)12-4-2-7-16-12/h1,3,5-6,8,12,16H,2,4,7H2,(H,18,19)/t12-/m1/s1. The van der Waals surface area contributed by atoms with Crippen LogP contribution in [0.4, 0.5) is 5.69 Å². The average molecular weight is 276 g/mol. The van der Waals surface area contributed by atoms with Gasteiger partial charge in [0.15, 0.2) is 0 Å². The molecular formula is C14H14ClN3O. The molecular weight excluding hydrogens is 262 g/mol. The second-order valence-electron chi connectivity index (χ2n) is 4.63. The van der Waals surface area contributed by atoms with E-state index in [1.165, 1.54) is 0 Å². The zero-order valence-electron chi connectivity index (χ0n) is 10.3. The van der Waals surface area contributed by atoms with Crippen molar-refractivity contribution in [3.63, 3.8) is 0 Å². The summed E-state index contributed by atoms with van der Waals surface area (Å²) in [5.41, 5.74) is 1.47. The quantitative estimate of drug-likeness (QED) is 0.886. The van der Waals surface area contributed by atoms with Crippen LogP contribution in [-0.4, -0.2) is 23.5 Å². The molecule has 3 rings (SSSR count). The van der Waals surface area contributed by atoms with Crippen molar-refractivity contribution >= 4 is 34.1 Å². The van der Waals surface area contributed by atoms with Gasteiger partial charge in [-0.15, -0.1) is 0 Å². The number of fused-ring (bicyclic) bond motifs is 1. The summed E-state index contributed by atoms with van der Waals surface area (Å²) in [5, 5.41) is 7.59. The summed E-state index contributed by atoms with van der Waals surface area (Å²) >= 11 is 6.11. The molecule has 2 heterocycles. The van der Waals surface area contributed by atoms with E-state index in [1.807, 2.05) is 18.2 Å². The van der Waals surface area contributed by atoms with E-state index < -0.39 is 0 Å². The van der Waals surface area contributed by atoms with Crippen molar-refractivity contribution in [1.82, 2.24) is 10.3 Å². The molecule has 1 saturated heterocycles. The number of aromatic nitrogens is 1. The van der Waals surface area contributed by atoms with E-state index in [0.29, 0.717) is 10.5 Å². The number of carbonyl (C=O) groups is 1. The fourth-order valence-electron chi connectivity index (χ4n) is 2.38. The molecule has 0 aliphatic carbocycles. The highest BCUT2D eigenvalue weighted by Gasteiger charge is 2.22. The smallest absolute Gasteiger partial charge is 0.241 e. The molecule has 1 aliphatic rings. The number of hydrogen-bond donors (Lipinski definition) is 2. The lowest BCUT2D eigenvalue weighted by molar-refractivity contribution is -0.117. The summed E-state index contributed by atoms with van der Waals surface area (Å²) in [4.78, 5) is 16.4. The van der Waals surface area contributed by atoms with Crippen molar-refractivity contribution in [2.75, 3.05) is 11.9 Å². The van der Waals surface area contributed by atoms with E-state index in [9.17, 15) is 4.79 Å². The Morgan fingerprint density at radius 3 is 3.11 bits per heavy atom. The van der Waals surface area contributed by atoms with Crippen LogP contribution in [0.5, 0.6) is 0 Å². The zero-order valence-corrected chi connectivity index (χ0v) is 11.1. The number of pyridine rings is 1. The van der Waals surface area contributed by atoms with Crippen molar-refractivity contribution in [3.8, 4) is 0 Å². The number of benzene rings is 1. The van der Waals surface area contributed by atoms with E-state index in [2.05, 4.69) is 15.6 Å². The Bertz CT molecular complexity index is 623. The van der Waals surface area contributed by atoms with Gasteiger partial charge >= 0.3 is 0 Å². The number of anilines is 1. The Hall–Kier alpha value is -1.65. The molecule has 0 unspecified atom stereocenters. The predicted octanol–water partition coefficient (Wildman–Crippen LogP) is 2.58. The zero-order chi connectivity index (χ0) is 13.2. The van der Waals surface area contributed by atoms with Gasteiger partial charge in [0.1, 0.15) is 0 Å². The van der Waals surface area contributed by atoms with Gasteiger partial charge in [-0.2, -0.15) is 0 Å². The van der Waals surface area contributed by atoms with E-state index in [-0.39, 0.29) is 11.9 Å². The molecule has 98 valence electrons. The molecule has 0 spiro atoms. The van der Waals surface area contributed by atoms with Gasteiger partial charge < -0.3 is 10.6 Å². The van der Waals surface area contributed by atoms with Crippen LogP contribution in [0.15, 0.2) is 30.5 Å². The second kappa shape index (κ2) is 5.15. The average Bonchev–Trinajstić information content (AvgIpc) is 2.96. The first kappa shape index (κ1) is 12.4. The second-order valence-corrected chi connectivity index (χ2v) is 5.04. The summed E-state index contributed by atoms with van der Waals surface area (Å²) in [6.07, 6.45) is 3.62. The molecule has 1 aliphatic heterocycles. The minimum Gasteiger partial charge on any atom is -0.324 e. The predicted molar refractivity (Wildman–Crippen MR) is 76.4 cm³/mol. The SMILES string of the molecule is O=C(Nc1ccc(Cl)c2ncccc12)[C@H]1CCCN1. The van der Waals surface area contributed by atoms with Crippen molar-refractivity contribution in [2.24, 2.45) is 0 Å². The Morgan fingerprint density at radius 2 is 2.32 bits per heavy atom. The maximum atomic E-state index is 12.1. The first-order valence-electron chi connectivity index (χ1n) is 6.33. The third-order valence-corrected chi connectivity index (χ3v) is 3.66. The van der Waals surface area contributed by atoms with Crippen molar-refractivity contribution in [1.29, 1.82) is 0 Å². The number of rotatable bonds is 2. The molecule has 4 nitrogen and oxygen atoms in total. The summed E-state index contributed by atoms with van der Waals surface area (Å²) < 4.78 is 0. The summed E-state index contributed by atoms with van der Waals surface area (Å²) in [6.45, 7) is 0.904. The van der Waals surface area contributed by atoms with Gasteiger partial charge in [-0.25, -0.2) is 0 Å². The molecule has 0 saturated carbocycles. The van der Waals surface area contributed by atoms with Gasteiger partial charge in [0.25, 0.3) is 0 Å². The Balaban J connectivity index is 1.92. The van der Waals surface area contributed by atoms with Gasteiger partial charge in [-0.05, 0) is 43.7 Å². The Labute approximate surface area is 116 Å². The van der Waals surface area contributed by atoms with E-state index in [0.717, 1.165) is 30.5 Å². The molecule has 0 bridgehead atoms. The number of carbonyl (C=O) groups excluding carboxylic acids is 1. The van der Waals surface area contributed by atoms with Crippen LogP contribution in [-0.2, 0) is 4.79 Å². The first-order chi connectivity index (χ1) is 9.25. The van der Waals surface area contributed by atoms with Crippen LogP contribution in [0, 0.1) is 0 Å². The molecule has 2 N–H and O–H groups in total. The summed E-state index contributed by atoms with van der Waals surface area (Å²) in [7, 11) is 0. The molecule has 2 aromatic rings. The van der Waals surface area contributed by atoms with Crippen LogP contribution >= 0.6 is 11.6 Å². The van der Waals surface area contributed by atoms with Crippen LogP contribution in [0.25, 0.3) is 10.9 Å². The van der Waals surface area contributed by atoms with Crippen molar-refractivity contribution < 1.29 is 4.79 Å². The summed E-state index contributed by atoms with van der Waals surface area (Å²) in [6, 6.07) is 7.23. The maximum Gasteiger partial charge on any atom is 0.241 e. The van der Waals surface area contributed by atoms with Crippen LogP contribution < -0.4 is 10.6 Å². The molecule has 1 fully saturated rings. The fourth-order valence-corrected chi connectivity index (χ4v) is 2.59. The highest BCUT2D eigenvalue weighted by atomic mass is 35.5. The Kier molecular flexibility index (Phi) is 3.36. The molecule has 0 radical (unpaired) electrons. The lowest BCUT2D eigenvalue weighted by Gasteiger charge is -2.13. The van der Waals surface area contributed by atoms with E-state index >= 15 is 0 Å². The highest BCUT2D eigenvalue weighted by Crippen LogP contribution is 2.28. The van der Waals surface area contributed by atoms with Crippen LogP contribution in [0.1, 0.15) is 12.8 Å². The number of amides is 1.